The van der Waals surface area contributed by atoms with Crippen molar-refractivity contribution in [3.05, 3.63) is 44.7 Å². The Kier molecular flexibility index (Phi) is 2.30. The van der Waals surface area contributed by atoms with Gasteiger partial charge in [-0.05, 0) is 55.9 Å². The first-order valence-corrected chi connectivity index (χ1v) is 7.49. The second-order valence-corrected chi connectivity index (χ2v) is 6.32. The smallest absolute Gasteiger partial charge is 0.266 e. The van der Waals surface area contributed by atoms with Gasteiger partial charge in [0.25, 0.3) is 5.56 Å². The molecule has 0 spiro atoms. The summed E-state index contributed by atoms with van der Waals surface area (Å²) in [7, 11) is 0. The number of pyridine rings is 1. The van der Waals surface area contributed by atoms with Crippen molar-refractivity contribution in [1.29, 1.82) is 0 Å². The number of hydrogen-bond donors (Lipinski definition) is 0. The Morgan fingerprint density at radius 1 is 1.32 bits per heavy atom. The molecule has 0 fully saturated rings. The quantitative estimate of drug-likeness (QED) is 0.629. The highest BCUT2D eigenvalue weighted by atomic mass is 32.1. The van der Waals surface area contributed by atoms with Gasteiger partial charge in [-0.2, -0.15) is 0 Å². The van der Waals surface area contributed by atoms with E-state index in [4.69, 9.17) is 0 Å². The maximum atomic E-state index is 12.7. The zero-order chi connectivity index (χ0) is 13.0. The average Bonchev–Trinajstić information content (AvgIpc) is 2.76. The Labute approximate surface area is 114 Å². The molecule has 0 saturated carbocycles. The van der Waals surface area contributed by atoms with E-state index >= 15 is 0 Å². The molecule has 0 atom stereocenters. The van der Waals surface area contributed by atoms with Crippen LogP contribution < -0.4 is 5.56 Å². The molecule has 3 aromatic rings. The fourth-order valence-corrected chi connectivity index (χ4v) is 4.18. The van der Waals surface area contributed by atoms with Crippen LogP contribution in [0.4, 0.5) is 0 Å². The molecule has 0 aromatic carbocycles. The first-order valence-electron chi connectivity index (χ1n) is 6.67. The summed E-state index contributed by atoms with van der Waals surface area (Å²) >= 11 is 1.71. The summed E-state index contributed by atoms with van der Waals surface area (Å²) in [4.78, 5) is 19.6. The largest absolute Gasteiger partial charge is 0.268 e. The van der Waals surface area contributed by atoms with E-state index < -0.39 is 0 Å². The third kappa shape index (κ3) is 1.56. The van der Waals surface area contributed by atoms with Crippen LogP contribution in [0.1, 0.15) is 28.8 Å². The molecule has 3 nitrogen and oxygen atoms in total. The monoisotopic (exact) mass is 270 g/mol. The molecule has 4 heteroatoms. The van der Waals surface area contributed by atoms with Crippen molar-refractivity contribution in [3.63, 3.8) is 0 Å². The Morgan fingerprint density at radius 2 is 2.16 bits per heavy atom. The summed E-state index contributed by atoms with van der Waals surface area (Å²) < 4.78 is 1.68. The van der Waals surface area contributed by atoms with Gasteiger partial charge < -0.3 is 0 Å². The standard InChI is InChI=1S/C15H14N2OS/c1-9-6-7-17-12(8-9)16-14-13(15(17)18)10-4-2-3-5-11(10)19-14/h6-8H,2-5H2,1H3. The lowest BCUT2D eigenvalue weighted by Crippen LogP contribution is -2.16. The van der Waals surface area contributed by atoms with Crippen molar-refractivity contribution in [1.82, 2.24) is 9.38 Å². The highest BCUT2D eigenvalue weighted by Crippen LogP contribution is 2.33. The third-order valence-electron chi connectivity index (χ3n) is 3.89. The van der Waals surface area contributed by atoms with Crippen LogP contribution in [0.15, 0.2) is 23.1 Å². The van der Waals surface area contributed by atoms with Crippen LogP contribution in [0.2, 0.25) is 0 Å². The maximum Gasteiger partial charge on any atom is 0.266 e. The fourth-order valence-electron chi connectivity index (χ4n) is 2.92. The summed E-state index contributed by atoms with van der Waals surface area (Å²) in [5.74, 6) is 0. The summed E-state index contributed by atoms with van der Waals surface area (Å²) in [6.07, 6.45) is 6.40. The molecule has 0 radical (unpaired) electrons. The van der Waals surface area contributed by atoms with E-state index in [2.05, 4.69) is 4.98 Å². The number of hydrogen-bond acceptors (Lipinski definition) is 3. The van der Waals surface area contributed by atoms with Crippen molar-refractivity contribution in [2.75, 3.05) is 0 Å². The molecule has 3 aromatic heterocycles. The molecule has 0 unspecified atom stereocenters. The maximum absolute atomic E-state index is 12.7. The topological polar surface area (TPSA) is 34.4 Å². The van der Waals surface area contributed by atoms with Crippen LogP contribution >= 0.6 is 11.3 Å². The van der Waals surface area contributed by atoms with Crippen LogP contribution in [0, 0.1) is 6.92 Å². The normalized spacial score (nSPS) is 15.0. The Hall–Kier alpha value is -1.68. The first-order chi connectivity index (χ1) is 9.24. The average molecular weight is 270 g/mol. The number of fused-ring (bicyclic) bond motifs is 4. The van der Waals surface area contributed by atoms with E-state index in [1.54, 1.807) is 15.7 Å². The van der Waals surface area contributed by atoms with Gasteiger partial charge in [-0.25, -0.2) is 4.98 Å². The van der Waals surface area contributed by atoms with E-state index in [9.17, 15) is 4.79 Å². The van der Waals surface area contributed by atoms with Gasteiger partial charge in [-0.1, -0.05) is 0 Å². The second kappa shape index (κ2) is 3.90. The minimum atomic E-state index is 0.0967. The third-order valence-corrected chi connectivity index (χ3v) is 5.08. The van der Waals surface area contributed by atoms with Gasteiger partial charge in [0.1, 0.15) is 10.5 Å². The predicted molar refractivity (Wildman–Crippen MR) is 78.2 cm³/mol. The minimum Gasteiger partial charge on any atom is -0.268 e. The van der Waals surface area contributed by atoms with E-state index in [1.807, 2.05) is 25.3 Å². The van der Waals surface area contributed by atoms with Crippen molar-refractivity contribution in [2.24, 2.45) is 0 Å². The lowest BCUT2D eigenvalue weighted by Gasteiger charge is -2.09. The van der Waals surface area contributed by atoms with Crippen LogP contribution in [0.25, 0.3) is 15.9 Å². The van der Waals surface area contributed by atoms with Crippen LogP contribution in [-0.2, 0) is 12.8 Å². The first kappa shape index (κ1) is 11.2. The highest BCUT2D eigenvalue weighted by Gasteiger charge is 2.20. The zero-order valence-electron chi connectivity index (χ0n) is 10.8. The second-order valence-electron chi connectivity index (χ2n) is 5.24. The van der Waals surface area contributed by atoms with Crippen molar-refractivity contribution in [3.8, 4) is 0 Å². The number of nitrogens with zero attached hydrogens (tertiary/aromatic N) is 2. The molecule has 0 saturated heterocycles. The fraction of sp³-hybridized carbons (Fsp3) is 0.333. The van der Waals surface area contributed by atoms with Crippen molar-refractivity contribution < 1.29 is 0 Å². The van der Waals surface area contributed by atoms with Gasteiger partial charge in [0.2, 0.25) is 0 Å². The molecule has 96 valence electrons. The number of aryl methyl sites for hydroxylation is 3. The molecule has 4 rings (SSSR count). The van der Waals surface area contributed by atoms with Gasteiger partial charge in [-0.15, -0.1) is 11.3 Å². The Bertz CT molecular complexity index is 860. The van der Waals surface area contributed by atoms with Gasteiger partial charge in [0, 0.05) is 11.1 Å². The molecule has 0 bridgehead atoms. The van der Waals surface area contributed by atoms with Crippen molar-refractivity contribution in [2.45, 2.75) is 32.6 Å². The van der Waals surface area contributed by atoms with E-state index in [1.165, 1.54) is 23.3 Å². The summed E-state index contributed by atoms with van der Waals surface area (Å²) in [6, 6.07) is 3.93. The number of aromatic nitrogens is 2. The van der Waals surface area contributed by atoms with E-state index in [0.29, 0.717) is 0 Å². The molecule has 0 aliphatic heterocycles. The highest BCUT2D eigenvalue weighted by molar-refractivity contribution is 7.18. The van der Waals surface area contributed by atoms with Gasteiger partial charge in [-0.3, -0.25) is 9.20 Å². The van der Waals surface area contributed by atoms with Crippen LogP contribution in [0.3, 0.4) is 0 Å². The molecule has 0 amide bonds. The molecule has 19 heavy (non-hydrogen) atoms. The predicted octanol–water partition coefficient (Wildman–Crippen LogP) is 3.10. The molecular weight excluding hydrogens is 256 g/mol. The molecule has 3 heterocycles. The Balaban J connectivity index is 2.19. The van der Waals surface area contributed by atoms with E-state index in [-0.39, 0.29) is 5.56 Å². The van der Waals surface area contributed by atoms with Crippen LogP contribution in [0.5, 0.6) is 0 Å². The summed E-state index contributed by atoms with van der Waals surface area (Å²) in [6.45, 7) is 2.02. The lowest BCUT2D eigenvalue weighted by molar-refractivity contribution is 0.700. The SMILES string of the molecule is Cc1ccn2c(=O)c3c4c(sc3nc2c1)CCCC4. The van der Waals surface area contributed by atoms with Crippen molar-refractivity contribution >= 4 is 27.2 Å². The number of rotatable bonds is 0. The zero-order valence-corrected chi connectivity index (χ0v) is 11.6. The van der Waals surface area contributed by atoms with Gasteiger partial charge >= 0.3 is 0 Å². The number of thiophene rings is 1. The summed E-state index contributed by atoms with van der Waals surface area (Å²) in [5, 5.41) is 0.862. The molecule has 0 N–H and O–H groups in total. The lowest BCUT2D eigenvalue weighted by atomic mass is 9.97. The van der Waals surface area contributed by atoms with Gasteiger partial charge in [0.15, 0.2) is 0 Å². The Morgan fingerprint density at radius 3 is 3.05 bits per heavy atom. The van der Waals surface area contributed by atoms with Crippen LogP contribution in [-0.4, -0.2) is 9.38 Å². The molecule has 1 aliphatic carbocycles. The minimum absolute atomic E-state index is 0.0967. The molecule has 1 aliphatic rings. The molecular formula is C15H14N2OS. The van der Waals surface area contributed by atoms with Gasteiger partial charge in [0.05, 0.1) is 5.39 Å². The summed E-state index contributed by atoms with van der Waals surface area (Å²) in [5.41, 5.74) is 3.25. The van der Waals surface area contributed by atoms with E-state index in [0.717, 1.165) is 34.3 Å².